The maximum atomic E-state index is 13.2. The van der Waals surface area contributed by atoms with Crippen LogP contribution in [0.15, 0.2) is 53.8 Å². The van der Waals surface area contributed by atoms with Crippen LogP contribution in [0.3, 0.4) is 0 Å². The number of aromatic nitrogens is 3. The predicted octanol–water partition coefficient (Wildman–Crippen LogP) is 2.44. The molecule has 0 saturated carbocycles. The Balaban J connectivity index is 1.60. The molecule has 168 valence electrons. The Labute approximate surface area is 187 Å². The molecule has 1 saturated heterocycles. The van der Waals surface area contributed by atoms with Crippen LogP contribution < -0.4 is 10.6 Å². The second-order valence-corrected chi connectivity index (χ2v) is 9.63. The molecule has 1 aliphatic heterocycles. The maximum Gasteiger partial charge on any atom is 0.251 e. The van der Waals surface area contributed by atoms with E-state index in [1.165, 1.54) is 10.4 Å². The highest BCUT2D eigenvalue weighted by Crippen LogP contribution is 2.25. The normalized spacial score (nSPS) is 14.4. The van der Waals surface area contributed by atoms with Crippen LogP contribution in [-0.2, 0) is 23.1 Å². The number of imidazole rings is 1. The van der Waals surface area contributed by atoms with E-state index in [-0.39, 0.29) is 22.9 Å². The van der Waals surface area contributed by atoms with E-state index in [4.69, 9.17) is 0 Å². The molecule has 1 aliphatic rings. The van der Waals surface area contributed by atoms with Gasteiger partial charge in [-0.3, -0.25) is 9.78 Å². The summed E-state index contributed by atoms with van der Waals surface area (Å²) in [4.78, 5) is 24.4. The van der Waals surface area contributed by atoms with Gasteiger partial charge >= 0.3 is 0 Å². The molecule has 10 heteroatoms. The molecule has 1 fully saturated rings. The molecular formula is C22H26N6O3S. The van der Waals surface area contributed by atoms with Gasteiger partial charge in [0, 0.05) is 36.2 Å². The number of carbonyl (C=O) groups excluding carboxylic acids is 1. The summed E-state index contributed by atoms with van der Waals surface area (Å²) >= 11 is 0. The van der Waals surface area contributed by atoms with Crippen molar-refractivity contribution in [1.82, 2.24) is 24.6 Å². The van der Waals surface area contributed by atoms with Crippen LogP contribution >= 0.6 is 0 Å². The Hall–Kier alpha value is -3.24. The van der Waals surface area contributed by atoms with E-state index in [1.807, 2.05) is 19.1 Å². The summed E-state index contributed by atoms with van der Waals surface area (Å²) in [5.74, 6) is -0.367. The van der Waals surface area contributed by atoms with Gasteiger partial charge in [-0.1, -0.05) is 6.07 Å². The van der Waals surface area contributed by atoms with Crippen molar-refractivity contribution < 1.29 is 13.2 Å². The number of pyridine rings is 1. The first kappa shape index (κ1) is 22.0. The molecule has 2 aromatic heterocycles. The summed E-state index contributed by atoms with van der Waals surface area (Å²) in [6.45, 7) is 3.55. The van der Waals surface area contributed by atoms with Gasteiger partial charge in [0.2, 0.25) is 10.0 Å². The molecule has 0 spiro atoms. The highest BCUT2D eigenvalue weighted by molar-refractivity contribution is 7.89. The Bertz CT molecular complexity index is 1190. The zero-order chi connectivity index (χ0) is 22.6. The minimum atomic E-state index is -3.69. The molecule has 3 aromatic rings. The number of H-pyrrole nitrogens is 1. The van der Waals surface area contributed by atoms with Gasteiger partial charge < -0.3 is 15.6 Å². The SMILES string of the molecule is Cc1[nH]cnc1CNc1cc(C(=O)NCc2ccccn2)cc(S(=O)(=O)N2CCCC2)c1. The number of amides is 1. The van der Waals surface area contributed by atoms with Crippen molar-refractivity contribution >= 4 is 21.6 Å². The van der Waals surface area contributed by atoms with E-state index in [2.05, 4.69) is 25.6 Å². The van der Waals surface area contributed by atoms with Gasteiger partial charge in [0.05, 0.1) is 35.7 Å². The summed E-state index contributed by atoms with van der Waals surface area (Å²) in [6, 6.07) is 10.1. The van der Waals surface area contributed by atoms with Crippen molar-refractivity contribution in [3.63, 3.8) is 0 Å². The second-order valence-electron chi connectivity index (χ2n) is 7.69. The lowest BCUT2D eigenvalue weighted by Gasteiger charge is -2.18. The first-order valence-corrected chi connectivity index (χ1v) is 11.9. The molecule has 0 radical (unpaired) electrons. The van der Waals surface area contributed by atoms with Crippen molar-refractivity contribution in [2.75, 3.05) is 18.4 Å². The average Bonchev–Trinajstić information content (AvgIpc) is 3.49. The van der Waals surface area contributed by atoms with Gasteiger partial charge in [-0.25, -0.2) is 13.4 Å². The van der Waals surface area contributed by atoms with Crippen molar-refractivity contribution in [3.05, 3.63) is 71.6 Å². The predicted molar refractivity (Wildman–Crippen MR) is 120 cm³/mol. The molecule has 0 atom stereocenters. The molecule has 1 amide bonds. The van der Waals surface area contributed by atoms with Crippen LogP contribution in [0.1, 0.15) is 40.3 Å². The number of hydrogen-bond acceptors (Lipinski definition) is 6. The lowest BCUT2D eigenvalue weighted by molar-refractivity contribution is 0.0950. The van der Waals surface area contributed by atoms with Crippen LogP contribution in [-0.4, -0.2) is 46.7 Å². The fraction of sp³-hybridized carbons (Fsp3) is 0.318. The van der Waals surface area contributed by atoms with Gasteiger partial charge in [-0.05, 0) is 50.1 Å². The number of aromatic amines is 1. The van der Waals surface area contributed by atoms with Crippen molar-refractivity contribution in [1.29, 1.82) is 0 Å². The molecule has 1 aromatic carbocycles. The fourth-order valence-corrected chi connectivity index (χ4v) is 5.17. The molecule has 32 heavy (non-hydrogen) atoms. The third kappa shape index (κ3) is 4.97. The van der Waals surface area contributed by atoms with Crippen LogP contribution in [0.25, 0.3) is 0 Å². The van der Waals surface area contributed by atoms with Gasteiger partial charge in [0.1, 0.15) is 0 Å². The third-order valence-electron chi connectivity index (χ3n) is 5.42. The largest absolute Gasteiger partial charge is 0.379 e. The molecule has 0 unspecified atom stereocenters. The molecular weight excluding hydrogens is 428 g/mol. The minimum absolute atomic E-state index is 0.103. The number of nitrogens with zero attached hydrogens (tertiary/aromatic N) is 3. The fourth-order valence-electron chi connectivity index (χ4n) is 3.59. The molecule has 9 nitrogen and oxygen atoms in total. The zero-order valence-electron chi connectivity index (χ0n) is 17.8. The molecule has 3 N–H and O–H groups in total. The molecule has 4 rings (SSSR count). The van der Waals surface area contributed by atoms with Crippen molar-refractivity contribution in [2.45, 2.75) is 37.8 Å². The van der Waals surface area contributed by atoms with E-state index in [9.17, 15) is 13.2 Å². The molecule has 0 aliphatic carbocycles. The molecule has 0 bridgehead atoms. The smallest absolute Gasteiger partial charge is 0.251 e. The standard InChI is InChI=1S/C22H26N6O3S/c1-16-21(27-15-26-16)14-24-19-10-17(22(29)25-13-18-6-2-3-7-23-18)11-20(12-19)32(30,31)28-8-4-5-9-28/h2-3,6-7,10-12,15,24H,4-5,8-9,13-14H2,1H3,(H,25,29)(H,26,27). The van der Waals surface area contributed by atoms with Crippen LogP contribution in [0, 0.1) is 6.92 Å². The first-order valence-electron chi connectivity index (χ1n) is 10.5. The van der Waals surface area contributed by atoms with Gasteiger partial charge in [-0.2, -0.15) is 4.31 Å². The monoisotopic (exact) mass is 454 g/mol. The van der Waals surface area contributed by atoms with Gasteiger partial charge in [0.25, 0.3) is 5.91 Å². The van der Waals surface area contributed by atoms with E-state index >= 15 is 0 Å². The Kier molecular flexibility index (Phi) is 6.52. The Morgan fingerprint density at radius 3 is 2.62 bits per heavy atom. The van der Waals surface area contributed by atoms with Gasteiger partial charge in [-0.15, -0.1) is 0 Å². The Morgan fingerprint density at radius 1 is 1.12 bits per heavy atom. The highest BCUT2D eigenvalue weighted by Gasteiger charge is 2.28. The number of carbonyl (C=O) groups is 1. The number of nitrogens with one attached hydrogen (secondary N) is 3. The summed E-state index contributed by atoms with van der Waals surface area (Å²) < 4.78 is 27.8. The average molecular weight is 455 g/mol. The maximum absolute atomic E-state index is 13.2. The van der Waals surface area contributed by atoms with Crippen LogP contribution in [0.2, 0.25) is 0 Å². The lowest BCUT2D eigenvalue weighted by Crippen LogP contribution is -2.29. The van der Waals surface area contributed by atoms with E-state index < -0.39 is 10.0 Å². The number of aryl methyl sites for hydroxylation is 1. The zero-order valence-corrected chi connectivity index (χ0v) is 18.7. The quantitative estimate of drug-likeness (QED) is 0.481. The number of benzene rings is 1. The van der Waals surface area contributed by atoms with Crippen molar-refractivity contribution in [2.24, 2.45) is 0 Å². The number of sulfonamides is 1. The number of hydrogen-bond donors (Lipinski definition) is 3. The first-order chi connectivity index (χ1) is 15.4. The van der Waals surface area contributed by atoms with Crippen LogP contribution in [0.4, 0.5) is 5.69 Å². The summed E-state index contributed by atoms with van der Waals surface area (Å²) in [5.41, 5.74) is 3.26. The van der Waals surface area contributed by atoms with Crippen LogP contribution in [0.5, 0.6) is 0 Å². The topological polar surface area (TPSA) is 120 Å². The summed E-state index contributed by atoms with van der Waals surface area (Å²) in [7, 11) is -3.69. The number of rotatable bonds is 8. The summed E-state index contributed by atoms with van der Waals surface area (Å²) in [5, 5.41) is 6.02. The highest BCUT2D eigenvalue weighted by atomic mass is 32.2. The lowest BCUT2D eigenvalue weighted by atomic mass is 10.1. The minimum Gasteiger partial charge on any atom is -0.379 e. The number of anilines is 1. The van der Waals surface area contributed by atoms with E-state index in [0.29, 0.717) is 31.0 Å². The Morgan fingerprint density at radius 2 is 1.94 bits per heavy atom. The third-order valence-corrected chi connectivity index (χ3v) is 7.30. The van der Waals surface area contributed by atoms with Crippen molar-refractivity contribution in [3.8, 4) is 0 Å². The van der Waals surface area contributed by atoms with E-state index in [1.54, 1.807) is 30.7 Å². The molecule has 3 heterocycles. The second kappa shape index (κ2) is 9.49. The van der Waals surface area contributed by atoms with Gasteiger partial charge in [0.15, 0.2) is 0 Å². The van der Waals surface area contributed by atoms with E-state index in [0.717, 1.165) is 24.2 Å². The summed E-state index contributed by atoms with van der Waals surface area (Å²) in [6.07, 6.45) is 4.95.